The minimum atomic E-state index is 0.0534. The Morgan fingerprint density at radius 3 is 2.15 bits per heavy atom. The summed E-state index contributed by atoms with van der Waals surface area (Å²) in [6, 6.07) is 0. The largest absolute Gasteiger partial charge is 0.507 e. The molecule has 0 unspecified atom stereocenters. The van der Waals surface area contributed by atoms with E-state index in [1.54, 1.807) is 20.8 Å². The topological polar surface area (TPSA) is 49.7 Å². The molecule has 0 aliphatic carbocycles. The maximum atomic E-state index is 10.4. The Labute approximate surface area is 78.2 Å². The molecule has 3 nitrogen and oxygen atoms in total. The summed E-state index contributed by atoms with van der Waals surface area (Å²) in [4.78, 5) is 10.4. The van der Waals surface area contributed by atoms with Crippen LogP contribution in [0.5, 0.6) is 5.75 Å². The first kappa shape index (κ1) is 9.77. The molecule has 0 aromatic heterocycles. The lowest BCUT2D eigenvalue weighted by atomic mass is 9.84. The summed E-state index contributed by atoms with van der Waals surface area (Å²) >= 11 is 0. The fourth-order valence-corrected chi connectivity index (χ4v) is 1.35. The molecule has 1 N–H and O–H groups in total. The summed E-state index contributed by atoms with van der Waals surface area (Å²) in [6.45, 7) is 5.07. The normalized spacial score (nSPS) is 10.1. The van der Waals surface area contributed by atoms with E-state index >= 15 is 0 Å². The highest BCUT2D eigenvalue weighted by molar-refractivity contribution is 6.35. The Hall–Kier alpha value is -1.32. The summed E-state index contributed by atoms with van der Waals surface area (Å²) in [5.74, 6) is 0.0534. The number of benzene rings is 1. The molecular formula is C9H10BNO2. The second kappa shape index (κ2) is 3.20. The van der Waals surface area contributed by atoms with Gasteiger partial charge in [0, 0.05) is 5.56 Å². The number of rotatable bonds is 1. The molecule has 0 fully saturated rings. The zero-order valence-electron chi connectivity index (χ0n) is 7.88. The molecule has 0 atom stereocenters. The van der Waals surface area contributed by atoms with Crippen LogP contribution < -0.4 is 5.46 Å². The molecule has 0 bridgehead atoms. The van der Waals surface area contributed by atoms with Gasteiger partial charge in [0.15, 0.2) is 0 Å². The summed E-state index contributed by atoms with van der Waals surface area (Å²) in [5.41, 5.74) is 2.38. The van der Waals surface area contributed by atoms with Gasteiger partial charge in [0.1, 0.15) is 19.3 Å². The van der Waals surface area contributed by atoms with Crippen LogP contribution >= 0.6 is 0 Å². The zero-order valence-corrected chi connectivity index (χ0v) is 7.88. The SMILES string of the molecule is [B]c1c(C)c(O)c(C)c(N=O)c1C. The van der Waals surface area contributed by atoms with Crippen LogP contribution in [-0.4, -0.2) is 13.0 Å². The third-order valence-corrected chi connectivity index (χ3v) is 2.32. The molecule has 0 aliphatic rings. The smallest absolute Gasteiger partial charge is 0.123 e. The molecule has 66 valence electrons. The lowest BCUT2D eigenvalue weighted by Gasteiger charge is -2.12. The van der Waals surface area contributed by atoms with Gasteiger partial charge in [-0.05, 0) is 37.1 Å². The van der Waals surface area contributed by atoms with Crippen LogP contribution in [0, 0.1) is 25.7 Å². The molecule has 0 amide bonds. The lowest BCUT2D eigenvalue weighted by Crippen LogP contribution is -2.12. The van der Waals surface area contributed by atoms with Gasteiger partial charge < -0.3 is 5.11 Å². The summed E-state index contributed by atoms with van der Waals surface area (Å²) in [6.07, 6.45) is 0. The maximum absolute atomic E-state index is 10.4. The molecule has 0 saturated heterocycles. The Morgan fingerprint density at radius 1 is 1.15 bits per heavy atom. The first-order chi connectivity index (χ1) is 6.00. The Balaban J connectivity index is 3.66. The van der Waals surface area contributed by atoms with Crippen LogP contribution in [-0.2, 0) is 0 Å². The Morgan fingerprint density at radius 2 is 1.69 bits per heavy atom. The molecule has 1 aromatic rings. The van der Waals surface area contributed by atoms with Gasteiger partial charge in [-0.2, -0.15) is 0 Å². The third-order valence-electron chi connectivity index (χ3n) is 2.32. The van der Waals surface area contributed by atoms with E-state index in [9.17, 15) is 10.0 Å². The van der Waals surface area contributed by atoms with E-state index in [1.807, 2.05) is 0 Å². The number of phenols is 1. The third kappa shape index (κ3) is 1.32. The summed E-state index contributed by atoms with van der Waals surface area (Å²) in [5, 5.41) is 12.4. The minimum absolute atomic E-state index is 0.0534. The van der Waals surface area contributed by atoms with Crippen LogP contribution in [0.3, 0.4) is 0 Å². The van der Waals surface area contributed by atoms with Gasteiger partial charge in [0.05, 0.1) is 0 Å². The highest BCUT2D eigenvalue weighted by Gasteiger charge is 2.13. The second-order valence-electron chi connectivity index (χ2n) is 3.08. The van der Waals surface area contributed by atoms with Gasteiger partial charge in [-0.3, -0.25) is 0 Å². The molecule has 0 saturated carbocycles. The number of phenolic OH excluding ortho intramolecular Hbond substituents is 1. The van der Waals surface area contributed by atoms with Crippen molar-refractivity contribution in [2.24, 2.45) is 5.18 Å². The monoisotopic (exact) mass is 175 g/mol. The molecule has 0 aliphatic heterocycles. The highest BCUT2D eigenvalue weighted by atomic mass is 16.3. The van der Waals surface area contributed by atoms with E-state index in [4.69, 9.17) is 7.85 Å². The first-order valence-electron chi connectivity index (χ1n) is 3.92. The predicted molar refractivity (Wildman–Crippen MR) is 53.2 cm³/mol. The minimum Gasteiger partial charge on any atom is -0.507 e. The van der Waals surface area contributed by atoms with Crippen molar-refractivity contribution in [3.8, 4) is 5.75 Å². The maximum Gasteiger partial charge on any atom is 0.123 e. The van der Waals surface area contributed by atoms with Crippen LogP contribution in [0.4, 0.5) is 5.69 Å². The van der Waals surface area contributed by atoms with E-state index < -0.39 is 0 Å². The predicted octanol–water partition coefficient (Wildman–Crippen LogP) is 1.51. The molecule has 2 radical (unpaired) electrons. The number of hydrogen-bond donors (Lipinski definition) is 1. The van der Waals surface area contributed by atoms with Gasteiger partial charge in [0.25, 0.3) is 0 Å². The van der Waals surface area contributed by atoms with Gasteiger partial charge in [0.2, 0.25) is 0 Å². The molecule has 0 heterocycles. The Kier molecular flexibility index (Phi) is 2.41. The van der Waals surface area contributed by atoms with Crippen molar-refractivity contribution in [2.45, 2.75) is 20.8 Å². The quantitative estimate of drug-likeness (QED) is 0.519. The molecule has 1 rings (SSSR count). The van der Waals surface area contributed by atoms with E-state index in [2.05, 4.69) is 5.18 Å². The standard InChI is InChI=1S/C9H10BNO2/c1-4-7(10)5(2)9(12)6(3)8(4)11-13/h12H,1-3H3. The average molecular weight is 175 g/mol. The van der Waals surface area contributed by atoms with Crippen molar-refractivity contribution >= 4 is 19.0 Å². The van der Waals surface area contributed by atoms with Gasteiger partial charge in [-0.1, -0.05) is 5.46 Å². The van der Waals surface area contributed by atoms with Crippen molar-refractivity contribution in [1.82, 2.24) is 0 Å². The Bertz CT molecular complexity index is 345. The first-order valence-corrected chi connectivity index (χ1v) is 3.92. The van der Waals surface area contributed by atoms with E-state index in [0.717, 1.165) is 0 Å². The van der Waals surface area contributed by atoms with Gasteiger partial charge in [-0.25, -0.2) is 0 Å². The molecule has 4 heteroatoms. The van der Waals surface area contributed by atoms with E-state index in [1.165, 1.54) is 0 Å². The molecular weight excluding hydrogens is 165 g/mol. The van der Waals surface area contributed by atoms with E-state index in [-0.39, 0.29) is 11.4 Å². The van der Waals surface area contributed by atoms with E-state index in [0.29, 0.717) is 22.2 Å². The molecule has 1 aromatic carbocycles. The fraction of sp³-hybridized carbons (Fsp3) is 0.333. The number of nitroso groups, excluding NO2 is 1. The van der Waals surface area contributed by atoms with Crippen molar-refractivity contribution in [1.29, 1.82) is 0 Å². The molecule has 0 spiro atoms. The van der Waals surface area contributed by atoms with Gasteiger partial charge >= 0.3 is 0 Å². The number of nitrogens with zero attached hydrogens (tertiary/aromatic N) is 1. The van der Waals surface area contributed by atoms with Crippen molar-refractivity contribution in [3.05, 3.63) is 21.6 Å². The zero-order chi connectivity index (χ0) is 10.2. The summed E-state index contributed by atoms with van der Waals surface area (Å²) in [7, 11) is 5.67. The van der Waals surface area contributed by atoms with Crippen LogP contribution in [0.2, 0.25) is 0 Å². The van der Waals surface area contributed by atoms with Crippen LogP contribution in [0.25, 0.3) is 0 Å². The number of aromatic hydroxyl groups is 1. The fourth-order valence-electron chi connectivity index (χ4n) is 1.35. The van der Waals surface area contributed by atoms with Crippen molar-refractivity contribution < 1.29 is 5.11 Å². The molecule has 13 heavy (non-hydrogen) atoms. The van der Waals surface area contributed by atoms with Crippen LogP contribution in [0.15, 0.2) is 5.18 Å². The van der Waals surface area contributed by atoms with Crippen LogP contribution in [0.1, 0.15) is 16.7 Å². The number of hydrogen-bond acceptors (Lipinski definition) is 3. The average Bonchev–Trinajstić information content (AvgIpc) is 2.13. The second-order valence-corrected chi connectivity index (χ2v) is 3.08. The lowest BCUT2D eigenvalue weighted by molar-refractivity contribution is 0.467. The van der Waals surface area contributed by atoms with Crippen molar-refractivity contribution in [2.75, 3.05) is 0 Å². The highest BCUT2D eigenvalue weighted by Crippen LogP contribution is 2.31. The van der Waals surface area contributed by atoms with Gasteiger partial charge in [-0.15, -0.1) is 4.91 Å². The van der Waals surface area contributed by atoms with Crippen molar-refractivity contribution in [3.63, 3.8) is 0 Å². The summed E-state index contributed by atoms with van der Waals surface area (Å²) < 4.78 is 0.